The van der Waals surface area contributed by atoms with Gasteiger partial charge in [-0.15, -0.1) is 0 Å². The lowest BCUT2D eigenvalue weighted by molar-refractivity contribution is -0.00204. The molecule has 118 valence electrons. The van der Waals surface area contributed by atoms with Crippen LogP contribution < -0.4 is 0 Å². The van der Waals surface area contributed by atoms with E-state index in [9.17, 15) is 0 Å². The van der Waals surface area contributed by atoms with Crippen LogP contribution in [-0.4, -0.2) is 6.10 Å². The van der Waals surface area contributed by atoms with Gasteiger partial charge in [0.25, 0.3) is 0 Å². The number of hydrogen-bond donors (Lipinski definition) is 0. The van der Waals surface area contributed by atoms with E-state index in [1.165, 1.54) is 11.1 Å². The molecule has 1 heteroatoms. The Morgan fingerprint density at radius 3 is 1.95 bits per heavy atom. The SMILES string of the molecule is CC(C)OC(CCC(C)(C)c1ccccc1)c1ccccc1. The molecule has 0 aromatic heterocycles. The van der Waals surface area contributed by atoms with Crippen LogP contribution in [0.25, 0.3) is 0 Å². The summed E-state index contributed by atoms with van der Waals surface area (Å²) < 4.78 is 6.17. The first kappa shape index (κ1) is 16.8. The van der Waals surface area contributed by atoms with Crippen LogP contribution in [0.5, 0.6) is 0 Å². The van der Waals surface area contributed by atoms with Crippen molar-refractivity contribution in [1.29, 1.82) is 0 Å². The molecule has 1 atom stereocenters. The van der Waals surface area contributed by atoms with Crippen LogP contribution in [0.2, 0.25) is 0 Å². The van der Waals surface area contributed by atoms with Gasteiger partial charge in [0.15, 0.2) is 0 Å². The van der Waals surface area contributed by atoms with Crippen LogP contribution >= 0.6 is 0 Å². The summed E-state index contributed by atoms with van der Waals surface area (Å²) in [6, 6.07) is 21.3. The van der Waals surface area contributed by atoms with E-state index in [1.54, 1.807) is 0 Å². The van der Waals surface area contributed by atoms with Crippen LogP contribution in [-0.2, 0) is 10.2 Å². The van der Waals surface area contributed by atoms with Gasteiger partial charge in [-0.25, -0.2) is 0 Å². The minimum Gasteiger partial charge on any atom is -0.371 e. The van der Waals surface area contributed by atoms with Crippen LogP contribution in [0.15, 0.2) is 60.7 Å². The van der Waals surface area contributed by atoms with Crippen molar-refractivity contribution >= 4 is 0 Å². The first-order valence-corrected chi connectivity index (χ1v) is 8.25. The molecule has 0 spiro atoms. The van der Waals surface area contributed by atoms with Gasteiger partial charge >= 0.3 is 0 Å². The second kappa shape index (κ2) is 7.60. The smallest absolute Gasteiger partial charge is 0.0828 e. The van der Waals surface area contributed by atoms with E-state index < -0.39 is 0 Å². The lowest BCUT2D eigenvalue weighted by Crippen LogP contribution is -2.20. The predicted molar refractivity (Wildman–Crippen MR) is 94.1 cm³/mol. The maximum absolute atomic E-state index is 6.17. The van der Waals surface area contributed by atoms with Crippen molar-refractivity contribution in [1.82, 2.24) is 0 Å². The molecule has 0 saturated carbocycles. The molecule has 0 N–H and O–H groups in total. The molecule has 0 fully saturated rings. The van der Waals surface area contributed by atoms with Gasteiger partial charge in [0.2, 0.25) is 0 Å². The zero-order valence-corrected chi connectivity index (χ0v) is 14.3. The summed E-state index contributed by atoms with van der Waals surface area (Å²) in [6.45, 7) is 8.86. The Hall–Kier alpha value is -1.60. The Balaban J connectivity index is 2.08. The highest BCUT2D eigenvalue weighted by Crippen LogP contribution is 2.33. The second-order valence-electron chi connectivity index (χ2n) is 6.87. The highest BCUT2D eigenvalue weighted by Gasteiger charge is 2.23. The summed E-state index contributed by atoms with van der Waals surface area (Å²) in [5.41, 5.74) is 2.83. The third kappa shape index (κ3) is 4.71. The monoisotopic (exact) mass is 296 g/mol. The Morgan fingerprint density at radius 2 is 1.41 bits per heavy atom. The van der Waals surface area contributed by atoms with Crippen molar-refractivity contribution in [2.75, 3.05) is 0 Å². The summed E-state index contributed by atoms with van der Waals surface area (Å²) in [7, 11) is 0. The first-order chi connectivity index (χ1) is 10.5. The lowest BCUT2D eigenvalue weighted by Gasteiger charge is -2.29. The maximum Gasteiger partial charge on any atom is 0.0828 e. The molecule has 22 heavy (non-hydrogen) atoms. The first-order valence-electron chi connectivity index (χ1n) is 8.25. The van der Waals surface area contributed by atoms with Gasteiger partial charge in [-0.3, -0.25) is 0 Å². The van der Waals surface area contributed by atoms with Crippen LogP contribution in [0.3, 0.4) is 0 Å². The van der Waals surface area contributed by atoms with Gasteiger partial charge in [-0.1, -0.05) is 74.5 Å². The largest absolute Gasteiger partial charge is 0.371 e. The van der Waals surface area contributed by atoms with E-state index in [1.807, 2.05) is 0 Å². The molecule has 0 aliphatic rings. The number of benzene rings is 2. The number of hydrogen-bond acceptors (Lipinski definition) is 1. The molecule has 1 nitrogen and oxygen atoms in total. The number of rotatable bonds is 7. The summed E-state index contributed by atoms with van der Waals surface area (Å²) in [5, 5.41) is 0. The van der Waals surface area contributed by atoms with E-state index in [2.05, 4.69) is 88.4 Å². The summed E-state index contributed by atoms with van der Waals surface area (Å²) >= 11 is 0. The van der Waals surface area contributed by atoms with Crippen LogP contribution in [0.4, 0.5) is 0 Å². The number of ether oxygens (including phenoxy) is 1. The van der Waals surface area contributed by atoms with E-state index in [0.29, 0.717) is 0 Å². The Labute approximate surface area is 135 Å². The van der Waals surface area contributed by atoms with Gasteiger partial charge in [0.1, 0.15) is 0 Å². The molecule has 2 aromatic rings. The fourth-order valence-electron chi connectivity index (χ4n) is 2.84. The predicted octanol–water partition coefficient (Wildman–Crippen LogP) is 5.91. The van der Waals surface area contributed by atoms with Gasteiger partial charge in [-0.2, -0.15) is 0 Å². The minimum absolute atomic E-state index is 0.161. The minimum atomic E-state index is 0.161. The average molecular weight is 296 g/mol. The summed E-state index contributed by atoms with van der Waals surface area (Å²) in [4.78, 5) is 0. The normalized spacial score (nSPS) is 13.3. The van der Waals surface area contributed by atoms with Crippen molar-refractivity contribution in [3.63, 3.8) is 0 Å². The molecule has 0 heterocycles. The quantitative estimate of drug-likeness (QED) is 0.617. The Kier molecular flexibility index (Phi) is 5.79. The molecular formula is C21H28O. The van der Waals surface area contributed by atoms with Crippen LogP contribution in [0.1, 0.15) is 57.8 Å². The maximum atomic E-state index is 6.17. The standard InChI is InChI=1S/C21H28O/c1-17(2)22-20(18-11-7-5-8-12-18)15-16-21(3,4)19-13-9-6-10-14-19/h5-14,17,20H,15-16H2,1-4H3. The van der Waals surface area contributed by atoms with Crippen molar-refractivity contribution in [2.24, 2.45) is 0 Å². The van der Waals surface area contributed by atoms with E-state index in [4.69, 9.17) is 4.74 Å². The van der Waals surface area contributed by atoms with Crippen molar-refractivity contribution in [3.05, 3.63) is 71.8 Å². The second-order valence-corrected chi connectivity index (χ2v) is 6.87. The molecule has 0 bridgehead atoms. The molecule has 2 rings (SSSR count). The van der Waals surface area contributed by atoms with Crippen molar-refractivity contribution in [2.45, 2.75) is 58.2 Å². The molecule has 1 unspecified atom stereocenters. The van der Waals surface area contributed by atoms with Gasteiger partial charge in [-0.05, 0) is 43.2 Å². The van der Waals surface area contributed by atoms with Gasteiger partial charge < -0.3 is 4.74 Å². The topological polar surface area (TPSA) is 9.23 Å². The zero-order valence-electron chi connectivity index (χ0n) is 14.3. The molecule has 2 aromatic carbocycles. The molecule has 0 radical (unpaired) electrons. The summed E-state index contributed by atoms with van der Waals surface area (Å²) in [6.07, 6.45) is 2.54. The lowest BCUT2D eigenvalue weighted by atomic mass is 9.79. The molecular weight excluding hydrogens is 268 g/mol. The third-order valence-corrected chi connectivity index (χ3v) is 4.19. The zero-order chi connectivity index (χ0) is 16.0. The van der Waals surface area contributed by atoms with E-state index in [-0.39, 0.29) is 17.6 Å². The molecule has 0 aliphatic heterocycles. The fourth-order valence-corrected chi connectivity index (χ4v) is 2.84. The van der Waals surface area contributed by atoms with Crippen molar-refractivity contribution < 1.29 is 4.74 Å². The highest BCUT2D eigenvalue weighted by atomic mass is 16.5. The van der Waals surface area contributed by atoms with E-state index >= 15 is 0 Å². The third-order valence-electron chi connectivity index (χ3n) is 4.19. The molecule has 0 saturated heterocycles. The van der Waals surface area contributed by atoms with Gasteiger partial charge in [0.05, 0.1) is 12.2 Å². The van der Waals surface area contributed by atoms with Gasteiger partial charge in [0, 0.05) is 0 Å². The van der Waals surface area contributed by atoms with Crippen molar-refractivity contribution in [3.8, 4) is 0 Å². The van der Waals surface area contributed by atoms with E-state index in [0.717, 1.165) is 12.8 Å². The highest BCUT2D eigenvalue weighted by molar-refractivity contribution is 5.24. The van der Waals surface area contributed by atoms with Crippen LogP contribution in [0, 0.1) is 0 Å². The Bertz CT molecular complexity index is 543. The average Bonchev–Trinajstić information content (AvgIpc) is 2.53. The molecule has 0 aliphatic carbocycles. The molecule has 0 amide bonds. The fraction of sp³-hybridized carbons (Fsp3) is 0.429. The summed E-state index contributed by atoms with van der Waals surface area (Å²) in [5.74, 6) is 0. The Morgan fingerprint density at radius 1 is 0.864 bits per heavy atom.